The van der Waals surface area contributed by atoms with Crippen molar-refractivity contribution in [2.75, 3.05) is 11.5 Å². The normalized spacial score (nSPS) is 22.1. The Bertz CT molecular complexity index is 730. The summed E-state index contributed by atoms with van der Waals surface area (Å²) in [6, 6.07) is 3.37. The lowest BCUT2D eigenvalue weighted by molar-refractivity contribution is 0.281. The van der Waals surface area contributed by atoms with Crippen molar-refractivity contribution in [3.8, 4) is 0 Å². The second-order valence-electron chi connectivity index (χ2n) is 4.99. The number of nitrogens with one attached hydrogen (secondary N) is 1. The summed E-state index contributed by atoms with van der Waals surface area (Å²) >= 11 is 5.82. The first kappa shape index (κ1) is 16.7. The quantitative estimate of drug-likeness (QED) is 0.829. The van der Waals surface area contributed by atoms with E-state index in [-0.39, 0.29) is 28.0 Å². The molecular formula is C12H16ClNO5S2. The highest BCUT2D eigenvalue weighted by Crippen LogP contribution is 2.21. The molecule has 1 aromatic rings. The van der Waals surface area contributed by atoms with E-state index in [2.05, 4.69) is 4.72 Å². The van der Waals surface area contributed by atoms with Gasteiger partial charge in [0.1, 0.15) is 0 Å². The molecule has 0 spiro atoms. The average Bonchev–Trinajstić information content (AvgIpc) is 2.37. The molecule has 0 amide bonds. The first-order chi connectivity index (χ1) is 9.73. The molecule has 1 heterocycles. The first-order valence-electron chi connectivity index (χ1n) is 6.35. The lowest BCUT2D eigenvalue weighted by Crippen LogP contribution is -2.43. The molecule has 1 aromatic carbocycles. The van der Waals surface area contributed by atoms with Gasteiger partial charge in [0, 0.05) is 11.1 Å². The highest BCUT2D eigenvalue weighted by Gasteiger charge is 2.28. The van der Waals surface area contributed by atoms with Crippen LogP contribution in [0.5, 0.6) is 0 Å². The predicted octanol–water partition coefficient (Wildman–Crippen LogP) is 0.688. The van der Waals surface area contributed by atoms with E-state index in [0.717, 1.165) is 0 Å². The Hall–Kier alpha value is -0.670. The van der Waals surface area contributed by atoms with Crippen molar-refractivity contribution in [3.05, 3.63) is 28.8 Å². The fourth-order valence-electron chi connectivity index (χ4n) is 2.24. The Morgan fingerprint density at radius 2 is 2.10 bits per heavy atom. The van der Waals surface area contributed by atoms with E-state index in [4.69, 9.17) is 16.7 Å². The van der Waals surface area contributed by atoms with Gasteiger partial charge in [0.25, 0.3) is 0 Å². The van der Waals surface area contributed by atoms with Gasteiger partial charge in [-0.05, 0) is 36.6 Å². The number of aliphatic hydroxyl groups is 1. The zero-order valence-electron chi connectivity index (χ0n) is 11.1. The highest BCUT2D eigenvalue weighted by molar-refractivity contribution is 7.91. The minimum Gasteiger partial charge on any atom is -0.392 e. The van der Waals surface area contributed by atoms with Crippen molar-refractivity contribution >= 4 is 31.5 Å². The van der Waals surface area contributed by atoms with Crippen LogP contribution in [0.15, 0.2) is 23.1 Å². The number of benzene rings is 1. The van der Waals surface area contributed by atoms with Crippen LogP contribution in [0.1, 0.15) is 18.4 Å². The molecule has 21 heavy (non-hydrogen) atoms. The third kappa shape index (κ3) is 4.17. The smallest absolute Gasteiger partial charge is 0.240 e. The first-order valence-corrected chi connectivity index (χ1v) is 10.0. The van der Waals surface area contributed by atoms with E-state index >= 15 is 0 Å². The Morgan fingerprint density at radius 1 is 1.38 bits per heavy atom. The largest absolute Gasteiger partial charge is 0.392 e. The Kier molecular flexibility index (Phi) is 4.94. The molecule has 6 nitrogen and oxygen atoms in total. The molecule has 1 unspecified atom stereocenters. The van der Waals surface area contributed by atoms with Crippen LogP contribution in [-0.4, -0.2) is 39.5 Å². The van der Waals surface area contributed by atoms with Crippen molar-refractivity contribution in [1.82, 2.24) is 4.72 Å². The maximum absolute atomic E-state index is 12.3. The molecule has 1 saturated heterocycles. The second-order valence-corrected chi connectivity index (χ2v) is 9.34. The van der Waals surface area contributed by atoms with Crippen molar-refractivity contribution in [2.45, 2.75) is 30.4 Å². The average molecular weight is 354 g/mol. The molecule has 0 radical (unpaired) electrons. The summed E-state index contributed by atoms with van der Waals surface area (Å²) in [5, 5.41) is 9.39. The molecular weight excluding hydrogens is 338 g/mol. The number of sulfone groups is 1. The van der Waals surface area contributed by atoms with Crippen molar-refractivity contribution in [3.63, 3.8) is 0 Å². The van der Waals surface area contributed by atoms with E-state index in [1.165, 1.54) is 18.2 Å². The minimum absolute atomic E-state index is 0.0427. The van der Waals surface area contributed by atoms with Gasteiger partial charge in [-0.15, -0.1) is 0 Å². The van der Waals surface area contributed by atoms with E-state index in [1.54, 1.807) is 0 Å². The summed E-state index contributed by atoms with van der Waals surface area (Å²) in [5.41, 5.74) is 0.302. The van der Waals surface area contributed by atoms with E-state index in [9.17, 15) is 16.8 Å². The minimum atomic E-state index is -3.84. The molecule has 0 bridgehead atoms. The molecule has 1 atom stereocenters. The van der Waals surface area contributed by atoms with Gasteiger partial charge in [0.15, 0.2) is 9.84 Å². The van der Waals surface area contributed by atoms with Gasteiger partial charge in [-0.25, -0.2) is 21.6 Å². The molecule has 118 valence electrons. The SMILES string of the molecule is O=S1(=O)CCCC(NS(=O)(=O)c2ccc(Cl)c(CO)c2)C1. The molecule has 1 aliphatic heterocycles. The summed E-state index contributed by atoms with van der Waals surface area (Å²) in [4.78, 5) is -0.0427. The summed E-state index contributed by atoms with van der Waals surface area (Å²) in [6.45, 7) is -0.375. The molecule has 2 rings (SSSR count). The third-order valence-electron chi connectivity index (χ3n) is 3.28. The highest BCUT2D eigenvalue weighted by atomic mass is 35.5. The maximum atomic E-state index is 12.3. The Morgan fingerprint density at radius 3 is 2.71 bits per heavy atom. The van der Waals surface area contributed by atoms with Crippen LogP contribution >= 0.6 is 11.6 Å². The standard InChI is InChI=1S/C12H16ClNO5S2/c13-12-4-3-11(6-9(12)7-15)21(18,19)14-10-2-1-5-20(16,17)8-10/h3-4,6,10,14-15H,1-2,5,7-8H2. The zero-order chi connectivity index (χ0) is 15.7. The van der Waals surface area contributed by atoms with Gasteiger partial charge in [-0.3, -0.25) is 0 Å². The number of rotatable bonds is 4. The number of hydrogen-bond acceptors (Lipinski definition) is 5. The van der Waals surface area contributed by atoms with Crippen LogP contribution in [-0.2, 0) is 26.5 Å². The molecule has 1 fully saturated rings. The second kappa shape index (κ2) is 6.21. The molecule has 2 N–H and O–H groups in total. The third-order valence-corrected chi connectivity index (χ3v) is 6.99. The summed E-state index contributed by atoms with van der Waals surface area (Å²) in [7, 11) is -7.04. The Balaban J connectivity index is 2.22. The molecule has 0 aromatic heterocycles. The number of sulfonamides is 1. The molecule has 9 heteroatoms. The van der Waals surface area contributed by atoms with Crippen molar-refractivity contribution in [1.29, 1.82) is 0 Å². The van der Waals surface area contributed by atoms with Gasteiger partial charge in [0.2, 0.25) is 10.0 Å². The lowest BCUT2D eigenvalue weighted by Gasteiger charge is -2.23. The number of hydrogen-bond donors (Lipinski definition) is 2. The summed E-state index contributed by atoms with van der Waals surface area (Å²) < 4.78 is 50.0. The van der Waals surface area contributed by atoms with Crippen LogP contribution in [0.4, 0.5) is 0 Å². The van der Waals surface area contributed by atoms with Gasteiger partial charge >= 0.3 is 0 Å². The van der Waals surface area contributed by atoms with Crippen LogP contribution in [0.25, 0.3) is 0 Å². The van der Waals surface area contributed by atoms with Crippen molar-refractivity contribution in [2.24, 2.45) is 0 Å². The lowest BCUT2D eigenvalue weighted by atomic mass is 10.2. The summed E-state index contributed by atoms with van der Waals surface area (Å²) in [6.07, 6.45) is 0.928. The summed E-state index contributed by atoms with van der Waals surface area (Å²) in [5.74, 6) is -0.0898. The van der Waals surface area contributed by atoms with E-state index < -0.39 is 25.9 Å². The van der Waals surface area contributed by atoms with E-state index in [0.29, 0.717) is 18.4 Å². The van der Waals surface area contributed by atoms with Gasteiger partial charge in [-0.1, -0.05) is 11.6 Å². The molecule has 0 saturated carbocycles. The fourth-order valence-corrected chi connectivity index (χ4v) is 5.48. The fraction of sp³-hybridized carbons (Fsp3) is 0.500. The van der Waals surface area contributed by atoms with Crippen molar-refractivity contribution < 1.29 is 21.9 Å². The number of aliphatic hydroxyl groups excluding tert-OH is 1. The van der Waals surface area contributed by atoms with Crippen LogP contribution in [0, 0.1) is 0 Å². The van der Waals surface area contributed by atoms with Crippen LogP contribution in [0.3, 0.4) is 0 Å². The van der Waals surface area contributed by atoms with Gasteiger partial charge in [-0.2, -0.15) is 0 Å². The predicted molar refractivity (Wildman–Crippen MR) is 79.4 cm³/mol. The van der Waals surface area contributed by atoms with Gasteiger partial charge < -0.3 is 5.11 Å². The van der Waals surface area contributed by atoms with Crippen LogP contribution < -0.4 is 4.72 Å². The van der Waals surface area contributed by atoms with Crippen LogP contribution in [0.2, 0.25) is 5.02 Å². The number of halogens is 1. The zero-order valence-corrected chi connectivity index (χ0v) is 13.5. The molecule has 1 aliphatic rings. The Labute approximate surface area is 129 Å². The monoisotopic (exact) mass is 353 g/mol. The van der Waals surface area contributed by atoms with Gasteiger partial charge in [0.05, 0.1) is 23.0 Å². The van der Waals surface area contributed by atoms with E-state index in [1.807, 2.05) is 0 Å². The topological polar surface area (TPSA) is 101 Å². The maximum Gasteiger partial charge on any atom is 0.240 e. The molecule has 0 aliphatic carbocycles.